The van der Waals surface area contributed by atoms with Crippen LogP contribution in [0.1, 0.15) is 21.5 Å². The average molecular weight is 273 g/mol. The van der Waals surface area contributed by atoms with E-state index in [0.29, 0.717) is 10.6 Å². The second-order valence-corrected chi connectivity index (χ2v) is 4.48. The standard InChI is InChI=1S/C16H13ClO2/c1-19-16-6-4-12(5-7-16)2-3-13-8-14(11-18)10-15(17)9-13/h2-11H,1H3/b3-2+. The minimum atomic E-state index is 0.555. The molecule has 0 radical (unpaired) electrons. The summed E-state index contributed by atoms with van der Waals surface area (Å²) < 4.78 is 5.10. The van der Waals surface area contributed by atoms with Gasteiger partial charge in [-0.2, -0.15) is 0 Å². The van der Waals surface area contributed by atoms with E-state index in [9.17, 15) is 4.79 Å². The van der Waals surface area contributed by atoms with Gasteiger partial charge in [-0.05, 0) is 41.5 Å². The number of ether oxygens (including phenoxy) is 1. The summed E-state index contributed by atoms with van der Waals surface area (Å²) in [6.45, 7) is 0. The molecule has 2 aromatic carbocycles. The predicted molar refractivity (Wildman–Crippen MR) is 78.8 cm³/mol. The fourth-order valence-electron chi connectivity index (χ4n) is 1.71. The molecule has 0 N–H and O–H groups in total. The monoisotopic (exact) mass is 272 g/mol. The molecule has 0 aliphatic rings. The minimum Gasteiger partial charge on any atom is -0.497 e. The van der Waals surface area contributed by atoms with Gasteiger partial charge in [-0.25, -0.2) is 0 Å². The number of rotatable bonds is 4. The van der Waals surface area contributed by atoms with Gasteiger partial charge in [-0.3, -0.25) is 4.79 Å². The van der Waals surface area contributed by atoms with Crippen LogP contribution >= 0.6 is 11.6 Å². The van der Waals surface area contributed by atoms with Gasteiger partial charge >= 0.3 is 0 Å². The highest BCUT2D eigenvalue weighted by molar-refractivity contribution is 6.31. The highest BCUT2D eigenvalue weighted by Gasteiger charge is 1.96. The van der Waals surface area contributed by atoms with Crippen LogP contribution in [0, 0.1) is 0 Å². The zero-order valence-electron chi connectivity index (χ0n) is 10.5. The Kier molecular flexibility index (Phi) is 4.37. The van der Waals surface area contributed by atoms with E-state index < -0.39 is 0 Å². The van der Waals surface area contributed by atoms with Crippen LogP contribution in [0.15, 0.2) is 42.5 Å². The first kappa shape index (κ1) is 13.4. The lowest BCUT2D eigenvalue weighted by Crippen LogP contribution is -1.83. The Bertz CT molecular complexity index is 601. The van der Waals surface area contributed by atoms with Gasteiger partial charge in [-0.1, -0.05) is 35.9 Å². The molecular weight excluding hydrogens is 260 g/mol. The van der Waals surface area contributed by atoms with Crippen molar-refractivity contribution in [1.82, 2.24) is 0 Å². The molecule has 19 heavy (non-hydrogen) atoms. The van der Waals surface area contributed by atoms with Gasteiger partial charge in [0.05, 0.1) is 7.11 Å². The van der Waals surface area contributed by atoms with Crippen molar-refractivity contribution in [3.05, 3.63) is 64.2 Å². The first-order chi connectivity index (χ1) is 9.21. The highest BCUT2D eigenvalue weighted by Crippen LogP contribution is 2.17. The number of methoxy groups -OCH3 is 1. The summed E-state index contributed by atoms with van der Waals surface area (Å²) in [5.74, 6) is 0.822. The molecule has 3 heteroatoms. The van der Waals surface area contributed by atoms with Gasteiger partial charge in [0.15, 0.2) is 0 Å². The molecule has 0 spiro atoms. The van der Waals surface area contributed by atoms with Gasteiger partial charge in [-0.15, -0.1) is 0 Å². The SMILES string of the molecule is COc1ccc(/C=C/c2cc(Cl)cc(C=O)c2)cc1. The second kappa shape index (κ2) is 6.21. The van der Waals surface area contributed by atoms with E-state index in [1.807, 2.05) is 42.5 Å². The molecule has 0 fully saturated rings. The maximum absolute atomic E-state index is 10.8. The number of carbonyl (C=O) groups excluding carboxylic acids is 1. The molecule has 0 saturated heterocycles. The van der Waals surface area contributed by atoms with Crippen molar-refractivity contribution in [3.8, 4) is 5.75 Å². The van der Waals surface area contributed by atoms with Gasteiger partial charge in [0.1, 0.15) is 12.0 Å². The summed E-state index contributed by atoms with van der Waals surface area (Å²) in [6, 6.07) is 13.0. The van der Waals surface area contributed by atoms with Gasteiger partial charge in [0.25, 0.3) is 0 Å². The molecule has 0 unspecified atom stereocenters. The number of carbonyl (C=O) groups is 1. The van der Waals surface area contributed by atoms with Crippen LogP contribution in [0.25, 0.3) is 12.2 Å². The summed E-state index contributed by atoms with van der Waals surface area (Å²) in [5.41, 5.74) is 2.51. The maximum Gasteiger partial charge on any atom is 0.150 e. The fraction of sp³-hybridized carbons (Fsp3) is 0.0625. The first-order valence-electron chi connectivity index (χ1n) is 5.79. The third kappa shape index (κ3) is 3.70. The third-order valence-corrected chi connectivity index (χ3v) is 2.88. The zero-order chi connectivity index (χ0) is 13.7. The van der Waals surface area contributed by atoms with E-state index in [2.05, 4.69) is 0 Å². The van der Waals surface area contributed by atoms with Crippen LogP contribution in [-0.4, -0.2) is 13.4 Å². The number of aldehydes is 1. The second-order valence-electron chi connectivity index (χ2n) is 4.04. The van der Waals surface area contributed by atoms with Gasteiger partial charge < -0.3 is 4.74 Å². The molecule has 0 aliphatic carbocycles. The Morgan fingerprint density at radius 2 is 1.58 bits per heavy atom. The summed E-state index contributed by atoms with van der Waals surface area (Å²) in [4.78, 5) is 10.8. The summed E-state index contributed by atoms with van der Waals surface area (Å²) in [5, 5.41) is 0.555. The summed E-state index contributed by atoms with van der Waals surface area (Å²) in [7, 11) is 1.64. The van der Waals surface area contributed by atoms with Crippen molar-refractivity contribution in [2.75, 3.05) is 7.11 Å². The van der Waals surface area contributed by atoms with Crippen molar-refractivity contribution in [2.24, 2.45) is 0 Å². The van der Waals surface area contributed by atoms with E-state index in [0.717, 1.165) is 23.2 Å². The van der Waals surface area contributed by atoms with Crippen molar-refractivity contribution in [2.45, 2.75) is 0 Å². The van der Waals surface area contributed by atoms with Crippen LogP contribution < -0.4 is 4.74 Å². The normalized spacial score (nSPS) is 10.6. The van der Waals surface area contributed by atoms with Gasteiger partial charge in [0.2, 0.25) is 0 Å². The number of benzene rings is 2. The van der Waals surface area contributed by atoms with E-state index >= 15 is 0 Å². The van der Waals surface area contributed by atoms with Crippen LogP contribution in [0.5, 0.6) is 5.75 Å². The van der Waals surface area contributed by atoms with Gasteiger partial charge in [0, 0.05) is 10.6 Å². The molecular formula is C16H13ClO2. The third-order valence-electron chi connectivity index (χ3n) is 2.66. The molecule has 0 bridgehead atoms. The Balaban J connectivity index is 2.21. The predicted octanol–water partition coefficient (Wildman–Crippen LogP) is 4.33. The van der Waals surface area contributed by atoms with E-state index in [-0.39, 0.29) is 0 Å². The van der Waals surface area contributed by atoms with Crippen molar-refractivity contribution < 1.29 is 9.53 Å². The number of hydrogen-bond donors (Lipinski definition) is 0. The quantitative estimate of drug-likeness (QED) is 0.612. The highest BCUT2D eigenvalue weighted by atomic mass is 35.5. The Labute approximate surface area is 117 Å². The lowest BCUT2D eigenvalue weighted by atomic mass is 10.1. The number of hydrogen-bond acceptors (Lipinski definition) is 2. The smallest absolute Gasteiger partial charge is 0.150 e. The zero-order valence-corrected chi connectivity index (χ0v) is 11.2. The van der Waals surface area contributed by atoms with Crippen molar-refractivity contribution >= 4 is 30.0 Å². The Hall–Kier alpha value is -2.06. The summed E-state index contributed by atoms with van der Waals surface area (Å²) in [6.07, 6.45) is 4.66. The molecule has 0 amide bonds. The molecule has 0 heterocycles. The summed E-state index contributed by atoms with van der Waals surface area (Å²) >= 11 is 5.94. The fourth-order valence-corrected chi connectivity index (χ4v) is 1.96. The Morgan fingerprint density at radius 3 is 2.21 bits per heavy atom. The van der Waals surface area contributed by atoms with E-state index in [4.69, 9.17) is 16.3 Å². The minimum absolute atomic E-state index is 0.555. The maximum atomic E-state index is 10.8. The molecule has 2 nitrogen and oxygen atoms in total. The first-order valence-corrected chi connectivity index (χ1v) is 6.17. The van der Waals surface area contributed by atoms with Crippen molar-refractivity contribution in [3.63, 3.8) is 0 Å². The van der Waals surface area contributed by atoms with Crippen LogP contribution in [-0.2, 0) is 0 Å². The molecule has 2 rings (SSSR count). The molecule has 2 aromatic rings. The Morgan fingerprint density at radius 1 is 0.947 bits per heavy atom. The molecule has 0 atom stereocenters. The van der Waals surface area contributed by atoms with Crippen LogP contribution in [0.2, 0.25) is 5.02 Å². The van der Waals surface area contributed by atoms with E-state index in [1.54, 1.807) is 19.2 Å². The molecule has 0 aromatic heterocycles. The number of halogens is 1. The molecule has 0 saturated carbocycles. The van der Waals surface area contributed by atoms with Crippen LogP contribution in [0.3, 0.4) is 0 Å². The molecule has 0 aliphatic heterocycles. The van der Waals surface area contributed by atoms with E-state index in [1.165, 1.54) is 0 Å². The average Bonchev–Trinajstić information content (AvgIpc) is 2.45. The lowest BCUT2D eigenvalue weighted by molar-refractivity contribution is 0.112. The largest absolute Gasteiger partial charge is 0.497 e. The van der Waals surface area contributed by atoms with Crippen LogP contribution in [0.4, 0.5) is 0 Å². The van der Waals surface area contributed by atoms with Crippen molar-refractivity contribution in [1.29, 1.82) is 0 Å². The topological polar surface area (TPSA) is 26.3 Å². The molecule has 96 valence electrons. The lowest BCUT2D eigenvalue weighted by Gasteiger charge is -2.00.